The summed E-state index contributed by atoms with van der Waals surface area (Å²) in [6, 6.07) is 7.29. The lowest BCUT2D eigenvalue weighted by Gasteiger charge is -2.33. The molecule has 4 rings (SSSR count). The number of fused-ring (bicyclic) bond motifs is 1. The van der Waals surface area contributed by atoms with Gasteiger partial charge in [-0.3, -0.25) is 4.90 Å². The van der Waals surface area contributed by atoms with Crippen LogP contribution in [0.5, 0.6) is 0 Å². The third kappa shape index (κ3) is 3.76. The Balaban J connectivity index is 1.39. The molecule has 0 spiro atoms. The van der Waals surface area contributed by atoms with Crippen molar-refractivity contribution in [3.05, 3.63) is 47.3 Å². The second-order valence-electron chi connectivity index (χ2n) is 6.81. The zero-order chi connectivity index (χ0) is 19.0. The molecule has 0 N–H and O–H groups in total. The van der Waals surface area contributed by atoms with Crippen molar-refractivity contribution in [3.8, 4) is 0 Å². The van der Waals surface area contributed by atoms with Crippen molar-refractivity contribution in [1.29, 1.82) is 0 Å². The number of para-hydroxylation sites is 1. The fraction of sp³-hybridized carbons (Fsp3) is 0.444. The van der Waals surface area contributed by atoms with E-state index in [2.05, 4.69) is 15.0 Å². The third-order valence-electron chi connectivity index (χ3n) is 4.93. The number of sulfonamides is 1. The van der Waals surface area contributed by atoms with Gasteiger partial charge in [0, 0.05) is 31.6 Å². The quantitative estimate of drug-likeness (QED) is 0.658. The first-order valence-electron chi connectivity index (χ1n) is 8.89. The van der Waals surface area contributed by atoms with Crippen molar-refractivity contribution in [2.45, 2.75) is 26.1 Å². The first-order valence-corrected chi connectivity index (χ1v) is 10.5. The summed E-state index contributed by atoms with van der Waals surface area (Å²) in [6.45, 7) is 6.56. The summed E-state index contributed by atoms with van der Waals surface area (Å²) >= 11 is 0. The molecule has 0 saturated carbocycles. The van der Waals surface area contributed by atoms with E-state index in [1.807, 2.05) is 32.0 Å². The number of nitrogens with zero attached hydrogens (tertiary/aromatic N) is 4. The summed E-state index contributed by atoms with van der Waals surface area (Å²) in [5.74, 6) is 1.35. The zero-order valence-corrected chi connectivity index (χ0v) is 16.2. The van der Waals surface area contributed by atoms with Gasteiger partial charge >= 0.3 is 0 Å². The number of aromatic nitrogens is 2. The fourth-order valence-electron chi connectivity index (χ4n) is 3.27. The molecule has 3 heterocycles. The second-order valence-corrected chi connectivity index (χ2v) is 8.77. The van der Waals surface area contributed by atoms with Gasteiger partial charge in [-0.15, -0.1) is 0 Å². The topological polar surface area (TPSA) is 92.7 Å². The van der Waals surface area contributed by atoms with E-state index in [-0.39, 0.29) is 5.75 Å². The Labute approximate surface area is 157 Å². The van der Waals surface area contributed by atoms with E-state index in [9.17, 15) is 8.42 Å². The normalized spacial score (nSPS) is 17.0. The van der Waals surface area contributed by atoms with E-state index < -0.39 is 10.0 Å². The molecular formula is C18H22N4O4S. The number of oxazole rings is 1. The molecule has 0 atom stereocenters. The van der Waals surface area contributed by atoms with Crippen LogP contribution in [-0.2, 0) is 22.3 Å². The highest BCUT2D eigenvalue weighted by molar-refractivity contribution is 7.88. The average molecular weight is 390 g/mol. The Morgan fingerprint density at radius 1 is 1.11 bits per heavy atom. The van der Waals surface area contributed by atoms with Crippen molar-refractivity contribution in [1.82, 2.24) is 19.3 Å². The first kappa shape index (κ1) is 18.1. The minimum Gasteiger partial charge on any atom is -0.444 e. The van der Waals surface area contributed by atoms with Gasteiger partial charge in [-0.1, -0.05) is 17.3 Å². The Hall–Kier alpha value is -2.23. The molecule has 144 valence electrons. The van der Waals surface area contributed by atoms with Gasteiger partial charge < -0.3 is 8.94 Å². The maximum Gasteiger partial charge on any atom is 0.220 e. The molecule has 1 fully saturated rings. The van der Waals surface area contributed by atoms with Crippen molar-refractivity contribution in [3.63, 3.8) is 0 Å². The average Bonchev–Trinajstić information content (AvgIpc) is 3.18. The number of piperazine rings is 1. The van der Waals surface area contributed by atoms with Gasteiger partial charge in [0.25, 0.3) is 0 Å². The maximum atomic E-state index is 12.8. The van der Waals surface area contributed by atoms with Crippen LogP contribution in [-0.4, -0.2) is 53.9 Å². The highest BCUT2D eigenvalue weighted by atomic mass is 32.2. The van der Waals surface area contributed by atoms with Gasteiger partial charge in [0.2, 0.25) is 15.9 Å². The van der Waals surface area contributed by atoms with Crippen LogP contribution in [0, 0.1) is 13.8 Å². The van der Waals surface area contributed by atoms with Crippen LogP contribution in [0.15, 0.2) is 33.2 Å². The van der Waals surface area contributed by atoms with Crippen LogP contribution in [0.1, 0.15) is 23.0 Å². The molecule has 8 nitrogen and oxygen atoms in total. The monoisotopic (exact) mass is 390 g/mol. The molecule has 3 aromatic rings. The SMILES string of the molecule is Cc1nc(CN2CCN(S(=O)(=O)Cc3noc4ccccc34)CC2)oc1C. The van der Waals surface area contributed by atoms with E-state index >= 15 is 0 Å². The van der Waals surface area contributed by atoms with Crippen molar-refractivity contribution >= 4 is 21.0 Å². The van der Waals surface area contributed by atoms with Crippen LogP contribution in [0.25, 0.3) is 11.0 Å². The summed E-state index contributed by atoms with van der Waals surface area (Å²) in [5.41, 5.74) is 1.95. The van der Waals surface area contributed by atoms with Gasteiger partial charge in [0.05, 0.1) is 12.2 Å². The molecule has 0 amide bonds. The van der Waals surface area contributed by atoms with Crippen molar-refractivity contribution < 1.29 is 17.4 Å². The number of aryl methyl sites for hydroxylation is 2. The molecule has 2 aromatic heterocycles. The summed E-state index contributed by atoms with van der Waals surface area (Å²) in [7, 11) is -3.45. The second kappa shape index (κ2) is 7.06. The molecule has 0 radical (unpaired) electrons. The number of rotatable bonds is 5. The van der Waals surface area contributed by atoms with E-state index in [1.54, 1.807) is 6.07 Å². The molecule has 1 aliphatic heterocycles. The predicted octanol–water partition coefficient (Wildman–Crippen LogP) is 2.08. The standard InChI is InChI=1S/C18H22N4O4S/c1-13-14(2)25-18(19-13)11-21-7-9-22(10-8-21)27(23,24)12-16-15-5-3-4-6-17(15)26-20-16/h3-6H,7-12H2,1-2H3. The van der Waals surface area contributed by atoms with E-state index in [0.717, 1.165) is 16.8 Å². The van der Waals surface area contributed by atoms with Gasteiger partial charge in [-0.05, 0) is 26.0 Å². The summed E-state index contributed by atoms with van der Waals surface area (Å²) in [6.07, 6.45) is 0. The van der Waals surface area contributed by atoms with E-state index in [0.29, 0.717) is 49.9 Å². The highest BCUT2D eigenvalue weighted by Crippen LogP contribution is 2.22. The molecule has 9 heteroatoms. The lowest BCUT2D eigenvalue weighted by molar-refractivity contribution is 0.167. The van der Waals surface area contributed by atoms with Crippen LogP contribution in [0.4, 0.5) is 0 Å². The molecule has 1 saturated heterocycles. The van der Waals surface area contributed by atoms with Gasteiger partial charge in [-0.2, -0.15) is 4.31 Å². The molecular weight excluding hydrogens is 368 g/mol. The first-order chi connectivity index (χ1) is 12.9. The lowest BCUT2D eigenvalue weighted by Crippen LogP contribution is -2.48. The van der Waals surface area contributed by atoms with Crippen LogP contribution in [0.2, 0.25) is 0 Å². The van der Waals surface area contributed by atoms with Crippen molar-refractivity contribution in [2.75, 3.05) is 26.2 Å². The fourth-order valence-corrected chi connectivity index (χ4v) is 4.73. The van der Waals surface area contributed by atoms with Crippen LogP contribution in [0.3, 0.4) is 0 Å². The molecule has 0 bridgehead atoms. The lowest BCUT2D eigenvalue weighted by atomic mass is 10.2. The molecule has 27 heavy (non-hydrogen) atoms. The highest BCUT2D eigenvalue weighted by Gasteiger charge is 2.29. The third-order valence-corrected chi connectivity index (χ3v) is 6.72. The summed E-state index contributed by atoms with van der Waals surface area (Å²) < 4.78 is 38.0. The Morgan fingerprint density at radius 2 is 1.85 bits per heavy atom. The smallest absolute Gasteiger partial charge is 0.220 e. The maximum absolute atomic E-state index is 12.8. The summed E-state index contributed by atoms with van der Waals surface area (Å²) in [5, 5.41) is 4.69. The van der Waals surface area contributed by atoms with E-state index in [1.165, 1.54) is 4.31 Å². The number of hydrogen-bond donors (Lipinski definition) is 0. The van der Waals surface area contributed by atoms with Crippen LogP contribution < -0.4 is 0 Å². The largest absolute Gasteiger partial charge is 0.444 e. The van der Waals surface area contributed by atoms with Crippen LogP contribution >= 0.6 is 0 Å². The molecule has 1 aliphatic rings. The van der Waals surface area contributed by atoms with Crippen molar-refractivity contribution in [2.24, 2.45) is 0 Å². The van der Waals surface area contributed by atoms with E-state index in [4.69, 9.17) is 8.94 Å². The zero-order valence-electron chi connectivity index (χ0n) is 15.4. The minimum absolute atomic E-state index is 0.151. The predicted molar refractivity (Wildman–Crippen MR) is 99.5 cm³/mol. The Kier molecular flexibility index (Phi) is 4.75. The van der Waals surface area contributed by atoms with Gasteiger partial charge in [-0.25, -0.2) is 13.4 Å². The van der Waals surface area contributed by atoms with Gasteiger partial charge in [0.1, 0.15) is 17.2 Å². The number of hydrogen-bond acceptors (Lipinski definition) is 7. The number of benzene rings is 1. The van der Waals surface area contributed by atoms with Gasteiger partial charge in [0.15, 0.2) is 5.58 Å². The molecule has 0 aliphatic carbocycles. The minimum atomic E-state index is -3.45. The molecule has 1 aromatic carbocycles. The molecule has 0 unspecified atom stereocenters. The summed E-state index contributed by atoms with van der Waals surface area (Å²) in [4.78, 5) is 6.55. The Bertz CT molecular complexity index is 1030. The Morgan fingerprint density at radius 3 is 2.56 bits per heavy atom.